The fourth-order valence-corrected chi connectivity index (χ4v) is 4.22. The zero-order valence-corrected chi connectivity index (χ0v) is 18.8. The summed E-state index contributed by atoms with van der Waals surface area (Å²) < 4.78 is 11.3. The predicted octanol–water partition coefficient (Wildman–Crippen LogP) is 2.73. The van der Waals surface area contributed by atoms with Crippen molar-refractivity contribution in [3.63, 3.8) is 0 Å². The van der Waals surface area contributed by atoms with Gasteiger partial charge in [0.15, 0.2) is 6.10 Å². The largest absolute Gasteiger partial charge is 0.479 e. The average molecular weight is 438 g/mol. The molecular weight excluding hydrogens is 406 g/mol. The van der Waals surface area contributed by atoms with E-state index in [2.05, 4.69) is 29.3 Å². The van der Waals surface area contributed by atoms with Crippen LogP contribution in [0.1, 0.15) is 31.4 Å². The molecule has 2 atom stereocenters. The lowest BCUT2D eigenvalue weighted by Gasteiger charge is -2.32. The lowest BCUT2D eigenvalue weighted by atomic mass is 10.1. The van der Waals surface area contributed by atoms with Crippen LogP contribution >= 0.6 is 0 Å². The van der Waals surface area contributed by atoms with Crippen molar-refractivity contribution in [2.24, 2.45) is 0 Å². The Morgan fingerprint density at radius 2 is 1.94 bits per heavy atom. The molecule has 7 nitrogen and oxygen atoms in total. The van der Waals surface area contributed by atoms with Gasteiger partial charge in [0.05, 0.1) is 18.4 Å². The van der Waals surface area contributed by atoms with Crippen molar-refractivity contribution >= 4 is 17.5 Å². The van der Waals surface area contributed by atoms with Gasteiger partial charge in [-0.25, -0.2) is 0 Å². The van der Waals surface area contributed by atoms with Gasteiger partial charge in [-0.15, -0.1) is 0 Å². The summed E-state index contributed by atoms with van der Waals surface area (Å²) in [6.07, 6.45) is -0.0531. The van der Waals surface area contributed by atoms with Gasteiger partial charge in [-0.05, 0) is 37.1 Å². The number of para-hydroxylation sites is 2. The van der Waals surface area contributed by atoms with E-state index in [1.165, 1.54) is 5.56 Å². The van der Waals surface area contributed by atoms with E-state index in [1.807, 2.05) is 36.4 Å². The number of carbonyl (C=O) groups is 2. The molecule has 0 bridgehead atoms. The van der Waals surface area contributed by atoms with Crippen LogP contribution in [-0.2, 0) is 27.4 Å². The zero-order valence-electron chi connectivity index (χ0n) is 18.8. The van der Waals surface area contributed by atoms with Gasteiger partial charge in [-0.2, -0.15) is 0 Å². The molecule has 0 aromatic heterocycles. The first-order valence-electron chi connectivity index (χ1n) is 11.2. The summed E-state index contributed by atoms with van der Waals surface area (Å²) in [7, 11) is 0. The summed E-state index contributed by atoms with van der Waals surface area (Å²) >= 11 is 0. The summed E-state index contributed by atoms with van der Waals surface area (Å²) in [5, 5.41) is 2.98. The summed E-state index contributed by atoms with van der Waals surface area (Å²) in [6.45, 7) is 8.15. The van der Waals surface area contributed by atoms with E-state index in [0.29, 0.717) is 24.5 Å². The van der Waals surface area contributed by atoms with Crippen LogP contribution in [-0.4, -0.2) is 55.2 Å². The molecule has 2 aromatic rings. The minimum atomic E-state index is -0.551. The highest BCUT2D eigenvalue weighted by molar-refractivity contribution is 6.00. The Labute approximate surface area is 189 Å². The molecule has 7 heteroatoms. The molecule has 0 aliphatic carbocycles. The minimum absolute atomic E-state index is 0.0816. The number of amides is 2. The van der Waals surface area contributed by atoms with Crippen molar-refractivity contribution in [3.05, 3.63) is 59.7 Å². The molecule has 0 radical (unpaired) electrons. The molecule has 2 amide bonds. The van der Waals surface area contributed by atoms with E-state index in [1.54, 1.807) is 11.8 Å². The number of ether oxygens (including phenoxy) is 2. The number of nitrogens with one attached hydrogen (secondary N) is 1. The fraction of sp³-hybridized carbons (Fsp3) is 0.440. The number of morpholine rings is 1. The van der Waals surface area contributed by atoms with Crippen molar-refractivity contribution in [3.8, 4) is 5.75 Å². The first-order chi connectivity index (χ1) is 15.5. The second-order valence-corrected chi connectivity index (χ2v) is 8.48. The Morgan fingerprint density at radius 3 is 2.78 bits per heavy atom. The first kappa shape index (κ1) is 22.3. The third kappa shape index (κ3) is 5.47. The first-order valence-corrected chi connectivity index (χ1v) is 11.2. The second kappa shape index (κ2) is 10.1. The molecule has 0 spiro atoms. The lowest BCUT2D eigenvalue weighted by Crippen LogP contribution is -2.45. The van der Waals surface area contributed by atoms with E-state index in [4.69, 9.17) is 9.47 Å². The molecule has 1 saturated heterocycles. The van der Waals surface area contributed by atoms with Gasteiger partial charge in [-0.3, -0.25) is 14.5 Å². The van der Waals surface area contributed by atoms with Crippen LogP contribution in [0, 0.1) is 0 Å². The monoisotopic (exact) mass is 437 g/mol. The summed E-state index contributed by atoms with van der Waals surface area (Å²) in [5.74, 6) is 0.468. The molecule has 1 fully saturated rings. The van der Waals surface area contributed by atoms with Gasteiger partial charge in [0.1, 0.15) is 5.75 Å². The molecule has 1 N–H and O–H groups in total. The SMILES string of the molecule is C[C@@H]1Oc2ccccc2N(CCC(=O)NCc2cccc(CN3CCO[C@@H](C)C3)c2)C1=O. The van der Waals surface area contributed by atoms with Crippen LogP contribution in [0.25, 0.3) is 0 Å². The number of nitrogens with zero attached hydrogens (tertiary/aromatic N) is 2. The average Bonchev–Trinajstić information content (AvgIpc) is 2.78. The highest BCUT2D eigenvalue weighted by Crippen LogP contribution is 2.33. The second-order valence-electron chi connectivity index (χ2n) is 8.48. The van der Waals surface area contributed by atoms with E-state index in [-0.39, 0.29) is 24.3 Å². The third-order valence-corrected chi connectivity index (χ3v) is 5.85. The summed E-state index contributed by atoms with van der Waals surface area (Å²) in [6, 6.07) is 15.7. The molecule has 0 unspecified atom stereocenters. The molecule has 2 aliphatic heterocycles. The van der Waals surface area contributed by atoms with E-state index >= 15 is 0 Å². The summed E-state index contributed by atoms with van der Waals surface area (Å²) in [5.41, 5.74) is 3.02. The van der Waals surface area contributed by atoms with Crippen molar-refractivity contribution < 1.29 is 19.1 Å². The molecular formula is C25H31N3O4. The molecule has 2 aromatic carbocycles. The standard InChI is InChI=1S/C25H31N3O4/c1-18-16-27(12-13-31-18)17-21-7-5-6-20(14-21)15-26-24(29)10-11-28-22-8-3-4-9-23(22)32-19(2)25(28)30/h3-9,14,18-19H,10-13,15-17H2,1-2H3,(H,26,29)/t18-,19-/m0/s1. The Hall–Kier alpha value is -2.90. The molecule has 32 heavy (non-hydrogen) atoms. The van der Waals surface area contributed by atoms with Gasteiger partial charge < -0.3 is 19.7 Å². The zero-order chi connectivity index (χ0) is 22.5. The maximum absolute atomic E-state index is 12.6. The number of carbonyl (C=O) groups excluding carboxylic acids is 2. The van der Waals surface area contributed by atoms with Crippen LogP contribution in [0.15, 0.2) is 48.5 Å². The van der Waals surface area contributed by atoms with Gasteiger partial charge in [0.2, 0.25) is 5.91 Å². The van der Waals surface area contributed by atoms with Crippen LogP contribution in [0.3, 0.4) is 0 Å². The van der Waals surface area contributed by atoms with E-state index < -0.39 is 6.10 Å². The highest BCUT2D eigenvalue weighted by Gasteiger charge is 2.31. The van der Waals surface area contributed by atoms with Crippen LogP contribution in [0.4, 0.5) is 5.69 Å². The van der Waals surface area contributed by atoms with Crippen molar-refractivity contribution in [1.82, 2.24) is 10.2 Å². The Kier molecular flexibility index (Phi) is 7.07. The Bertz CT molecular complexity index is 964. The minimum Gasteiger partial charge on any atom is -0.479 e. The lowest BCUT2D eigenvalue weighted by molar-refractivity contribution is -0.125. The van der Waals surface area contributed by atoms with Crippen molar-refractivity contribution in [2.45, 2.75) is 45.6 Å². The number of benzene rings is 2. The van der Waals surface area contributed by atoms with Crippen LogP contribution in [0.2, 0.25) is 0 Å². The smallest absolute Gasteiger partial charge is 0.267 e. The summed E-state index contributed by atoms with van der Waals surface area (Å²) in [4.78, 5) is 29.1. The number of hydrogen-bond donors (Lipinski definition) is 1. The van der Waals surface area contributed by atoms with E-state index in [0.717, 1.165) is 31.8 Å². The number of hydrogen-bond acceptors (Lipinski definition) is 5. The third-order valence-electron chi connectivity index (χ3n) is 5.85. The normalized spacial score (nSPS) is 21.1. The maximum Gasteiger partial charge on any atom is 0.267 e. The highest BCUT2D eigenvalue weighted by atomic mass is 16.5. The van der Waals surface area contributed by atoms with Crippen LogP contribution < -0.4 is 15.0 Å². The van der Waals surface area contributed by atoms with Gasteiger partial charge in [0, 0.05) is 39.1 Å². The predicted molar refractivity (Wildman–Crippen MR) is 122 cm³/mol. The van der Waals surface area contributed by atoms with Gasteiger partial charge in [-0.1, -0.05) is 36.4 Å². The van der Waals surface area contributed by atoms with Crippen molar-refractivity contribution in [2.75, 3.05) is 31.1 Å². The van der Waals surface area contributed by atoms with Gasteiger partial charge in [0.25, 0.3) is 5.91 Å². The maximum atomic E-state index is 12.6. The topological polar surface area (TPSA) is 71.1 Å². The fourth-order valence-electron chi connectivity index (χ4n) is 4.22. The van der Waals surface area contributed by atoms with Crippen LogP contribution in [0.5, 0.6) is 5.75 Å². The molecule has 2 heterocycles. The number of anilines is 1. The molecule has 2 aliphatic rings. The Balaban J connectivity index is 1.29. The van der Waals surface area contributed by atoms with Crippen molar-refractivity contribution in [1.29, 1.82) is 0 Å². The quantitative estimate of drug-likeness (QED) is 0.721. The van der Waals surface area contributed by atoms with E-state index in [9.17, 15) is 9.59 Å². The molecule has 170 valence electrons. The molecule has 4 rings (SSSR count). The Morgan fingerprint density at radius 1 is 1.12 bits per heavy atom. The number of fused-ring (bicyclic) bond motifs is 1. The number of rotatable bonds is 7. The molecule has 0 saturated carbocycles. The van der Waals surface area contributed by atoms with Gasteiger partial charge >= 0.3 is 0 Å².